The molecule has 1 aromatic carbocycles. The van der Waals surface area contributed by atoms with Crippen molar-refractivity contribution in [3.8, 4) is 0 Å². The zero-order valence-electron chi connectivity index (χ0n) is 12.4. The monoisotopic (exact) mass is 368 g/mol. The van der Waals surface area contributed by atoms with Crippen LogP contribution in [0.25, 0.3) is 0 Å². The van der Waals surface area contributed by atoms with Crippen molar-refractivity contribution in [1.82, 2.24) is 10.0 Å². The Bertz CT molecular complexity index is 597. The third-order valence-electron chi connectivity index (χ3n) is 3.61. The molecule has 1 heterocycles. The number of halogens is 3. The van der Waals surface area contributed by atoms with Crippen molar-refractivity contribution < 1.29 is 21.6 Å². The first-order chi connectivity index (χ1) is 10.8. The Hall–Kier alpha value is -0.770. The van der Waals surface area contributed by atoms with Crippen LogP contribution < -0.4 is 10.0 Å². The van der Waals surface area contributed by atoms with Crippen LogP contribution >= 0.6 is 11.8 Å². The summed E-state index contributed by atoms with van der Waals surface area (Å²) < 4.78 is 63.5. The molecule has 0 radical (unpaired) electrons. The van der Waals surface area contributed by atoms with Gasteiger partial charge in [-0.15, -0.1) is 0 Å². The highest BCUT2D eigenvalue weighted by atomic mass is 32.2. The van der Waals surface area contributed by atoms with E-state index in [4.69, 9.17) is 0 Å². The fraction of sp³-hybridized carbons (Fsp3) is 0.571. The van der Waals surface area contributed by atoms with E-state index in [-0.39, 0.29) is 21.6 Å². The van der Waals surface area contributed by atoms with E-state index in [0.29, 0.717) is 12.5 Å². The van der Waals surface area contributed by atoms with Crippen molar-refractivity contribution in [3.05, 3.63) is 24.3 Å². The lowest BCUT2D eigenvalue weighted by Gasteiger charge is -2.22. The summed E-state index contributed by atoms with van der Waals surface area (Å²) in [6.07, 6.45) is 2.92. The summed E-state index contributed by atoms with van der Waals surface area (Å²) in [6.45, 7) is 2.23. The molecule has 9 heteroatoms. The highest BCUT2D eigenvalue weighted by molar-refractivity contribution is 8.00. The van der Waals surface area contributed by atoms with Gasteiger partial charge in [0, 0.05) is 11.4 Å². The van der Waals surface area contributed by atoms with E-state index >= 15 is 0 Å². The number of thioether (sulfide) groups is 1. The summed E-state index contributed by atoms with van der Waals surface area (Å²) in [5, 5.41) is 3.27. The third-order valence-corrected chi connectivity index (χ3v) is 5.83. The van der Waals surface area contributed by atoms with E-state index in [9.17, 15) is 21.6 Å². The summed E-state index contributed by atoms with van der Waals surface area (Å²) in [6, 6.07) is 4.71. The van der Waals surface area contributed by atoms with Crippen molar-refractivity contribution in [1.29, 1.82) is 0 Å². The molecule has 0 aromatic heterocycles. The summed E-state index contributed by atoms with van der Waals surface area (Å²) in [5.41, 5.74) is -4.38. The van der Waals surface area contributed by atoms with Crippen LogP contribution in [0.5, 0.6) is 0 Å². The molecule has 0 amide bonds. The molecule has 1 saturated heterocycles. The molecule has 1 aliphatic rings. The number of sulfonamides is 1. The first-order valence-electron chi connectivity index (χ1n) is 7.32. The number of alkyl halides is 3. The first kappa shape index (κ1) is 18.6. The lowest BCUT2D eigenvalue weighted by atomic mass is 9.96. The van der Waals surface area contributed by atoms with Crippen LogP contribution in [0.4, 0.5) is 13.2 Å². The molecule has 130 valence electrons. The van der Waals surface area contributed by atoms with Gasteiger partial charge < -0.3 is 5.32 Å². The van der Waals surface area contributed by atoms with Crippen LogP contribution in [-0.4, -0.2) is 33.6 Å². The van der Waals surface area contributed by atoms with Gasteiger partial charge in [0.1, 0.15) is 0 Å². The van der Waals surface area contributed by atoms with E-state index in [1.165, 1.54) is 12.1 Å². The van der Waals surface area contributed by atoms with Gasteiger partial charge in [-0.2, -0.15) is 13.2 Å². The molecule has 2 rings (SSSR count). The van der Waals surface area contributed by atoms with E-state index in [2.05, 4.69) is 10.0 Å². The molecular weight excluding hydrogens is 349 g/mol. The second kappa shape index (κ2) is 7.87. The van der Waals surface area contributed by atoms with Gasteiger partial charge in [-0.05, 0) is 74.3 Å². The van der Waals surface area contributed by atoms with Gasteiger partial charge in [0.25, 0.3) is 0 Å². The number of hydrogen-bond donors (Lipinski definition) is 2. The number of piperidine rings is 1. The highest BCUT2D eigenvalue weighted by Gasteiger charge is 2.29. The molecule has 1 unspecified atom stereocenters. The van der Waals surface area contributed by atoms with Crippen molar-refractivity contribution in [2.75, 3.05) is 19.6 Å². The second-order valence-corrected chi connectivity index (χ2v) is 8.32. The minimum atomic E-state index is -4.38. The summed E-state index contributed by atoms with van der Waals surface area (Å²) in [7, 11) is -3.68. The molecule has 0 bridgehead atoms. The largest absolute Gasteiger partial charge is 0.446 e. The van der Waals surface area contributed by atoms with Crippen molar-refractivity contribution in [2.45, 2.75) is 34.6 Å². The molecule has 1 atom stereocenters. The predicted molar refractivity (Wildman–Crippen MR) is 83.8 cm³/mol. The predicted octanol–water partition coefficient (Wildman–Crippen LogP) is 2.97. The van der Waals surface area contributed by atoms with E-state index in [1.807, 2.05) is 0 Å². The van der Waals surface area contributed by atoms with E-state index < -0.39 is 15.5 Å². The van der Waals surface area contributed by atoms with Gasteiger partial charge in [-0.3, -0.25) is 0 Å². The van der Waals surface area contributed by atoms with Crippen molar-refractivity contribution in [2.24, 2.45) is 5.92 Å². The smallest absolute Gasteiger partial charge is 0.316 e. The molecular formula is C14H19F3N2O2S2. The third kappa shape index (κ3) is 6.33. The number of nitrogens with one attached hydrogen (secondary N) is 2. The number of benzene rings is 1. The maximum absolute atomic E-state index is 12.2. The van der Waals surface area contributed by atoms with Crippen LogP contribution in [0.3, 0.4) is 0 Å². The molecule has 4 nitrogen and oxygen atoms in total. The van der Waals surface area contributed by atoms with Crippen LogP contribution in [0.2, 0.25) is 0 Å². The molecule has 23 heavy (non-hydrogen) atoms. The Labute approximate surface area is 138 Å². The zero-order valence-corrected chi connectivity index (χ0v) is 14.0. The number of hydrogen-bond acceptors (Lipinski definition) is 4. The maximum atomic E-state index is 12.2. The summed E-state index contributed by atoms with van der Waals surface area (Å²) >= 11 is -0.265. The van der Waals surface area contributed by atoms with Gasteiger partial charge in [0.15, 0.2) is 0 Å². The standard InChI is InChI=1S/C14H19F3N2O2S2/c15-14(16,17)22-12-3-5-13(6-4-12)23(20,21)19-9-7-11-2-1-8-18-10-11/h3-6,11,18-19H,1-2,7-10H2. The fourth-order valence-electron chi connectivity index (χ4n) is 2.47. The molecule has 1 fully saturated rings. The molecule has 2 N–H and O–H groups in total. The van der Waals surface area contributed by atoms with E-state index in [1.54, 1.807) is 0 Å². The van der Waals surface area contributed by atoms with Crippen molar-refractivity contribution >= 4 is 21.8 Å². The Balaban J connectivity index is 1.88. The second-order valence-electron chi connectivity index (χ2n) is 5.42. The van der Waals surface area contributed by atoms with Gasteiger partial charge in [0.2, 0.25) is 10.0 Å². The zero-order chi connectivity index (χ0) is 16.9. The van der Waals surface area contributed by atoms with Gasteiger partial charge >= 0.3 is 5.51 Å². The Kier molecular flexibility index (Phi) is 6.35. The molecule has 0 saturated carbocycles. The molecule has 0 aliphatic carbocycles. The van der Waals surface area contributed by atoms with Gasteiger partial charge in [-0.1, -0.05) is 0 Å². The average molecular weight is 368 g/mol. The summed E-state index contributed by atoms with van der Waals surface area (Å²) in [5.74, 6) is 0.456. The lowest BCUT2D eigenvalue weighted by Crippen LogP contribution is -2.33. The average Bonchev–Trinajstić information content (AvgIpc) is 2.47. The SMILES string of the molecule is O=S(=O)(NCCC1CCCNC1)c1ccc(SC(F)(F)F)cc1. The lowest BCUT2D eigenvalue weighted by molar-refractivity contribution is -0.0328. The molecule has 0 spiro atoms. The minimum Gasteiger partial charge on any atom is -0.316 e. The highest BCUT2D eigenvalue weighted by Crippen LogP contribution is 2.36. The normalized spacial score (nSPS) is 19.7. The topological polar surface area (TPSA) is 58.2 Å². The van der Waals surface area contributed by atoms with Crippen LogP contribution in [0.15, 0.2) is 34.1 Å². The fourth-order valence-corrected chi connectivity index (χ4v) is 4.06. The van der Waals surface area contributed by atoms with Crippen LogP contribution in [0, 0.1) is 5.92 Å². The Morgan fingerprint density at radius 3 is 2.52 bits per heavy atom. The number of rotatable bonds is 6. The maximum Gasteiger partial charge on any atom is 0.446 e. The van der Waals surface area contributed by atoms with Gasteiger partial charge in [0.05, 0.1) is 4.90 Å². The van der Waals surface area contributed by atoms with Crippen LogP contribution in [0.1, 0.15) is 19.3 Å². The van der Waals surface area contributed by atoms with E-state index in [0.717, 1.165) is 44.5 Å². The Morgan fingerprint density at radius 1 is 1.26 bits per heavy atom. The molecule has 1 aromatic rings. The van der Waals surface area contributed by atoms with Crippen LogP contribution in [-0.2, 0) is 10.0 Å². The summed E-state index contributed by atoms with van der Waals surface area (Å²) in [4.78, 5) is -0.0597. The van der Waals surface area contributed by atoms with Gasteiger partial charge in [-0.25, -0.2) is 13.1 Å². The Morgan fingerprint density at radius 2 is 1.96 bits per heavy atom. The first-order valence-corrected chi connectivity index (χ1v) is 9.62. The quantitative estimate of drug-likeness (QED) is 0.758. The van der Waals surface area contributed by atoms with Crippen molar-refractivity contribution in [3.63, 3.8) is 0 Å². The minimum absolute atomic E-state index is 0.0224. The molecule has 1 aliphatic heterocycles.